The molecule has 25 heavy (non-hydrogen) atoms. The molecule has 0 saturated heterocycles. The Morgan fingerprint density at radius 1 is 1.28 bits per heavy atom. The van der Waals surface area contributed by atoms with Gasteiger partial charge in [-0.15, -0.1) is 0 Å². The van der Waals surface area contributed by atoms with Gasteiger partial charge < -0.3 is 10.0 Å². The summed E-state index contributed by atoms with van der Waals surface area (Å²) in [6.07, 6.45) is 3.33. The second-order valence-corrected chi connectivity index (χ2v) is 6.55. The quantitative estimate of drug-likeness (QED) is 0.876. The van der Waals surface area contributed by atoms with Crippen molar-refractivity contribution in [1.29, 1.82) is 0 Å². The standard InChI is InChI=1S/C19H23N3O3/c1-13-7-3-4-9-15(13)22-16-10-5-8-14(16)18(20-22)19(25)21(2)12-6-11-17(23)24/h3-4,7,9H,5-6,8,10-12H2,1-2H3,(H,23,24). The van der Waals surface area contributed by atoms with Crippen LogP contribution < -0.4 is 0 Å². The van der Waals surface area contributed by atoms with Crippen molar-refractivity contribution in [1.82, 2.24) is 14.7 Å². The SMILES string of the molecule is Cc1ccccc1-n1nc(C(=O)N(C)CCCC(=O)O)c2c1CCC2. The molecular weight excluding hydrogens is 318 g/mol. The zero-order valence-corrected chi connectivity index (χ0v) is 14.7. The summed E-state index contributed by atoms with van der Waals surface area (Å²) in [5.74, 6) is -0.971. The Bertz CT molecular complexity index is 810. The van der Waals surface area contributed by atoms with Crippen LogP contribution in [0.2, 0.25) is 0 Å². The van der Waals surface area contributed by atoms with Crippen molar-refractivity contribution in [2.24, 2.45) is 0 Å². The molecule has 1 N–H and O–H groups in total. The highest BCUT2D eigenvalue weighted by Crippen LogP contribution is 2.29. The fourth-order valence-electron chi connectivity index (χ4n) is 3.36. The van der Waals surface area contributed by atoms with Crippen LogP contribution in [0.4, 0.5) is 0 Å². The minimum absolute atomic E-state index is 0.0629. The van der Waals surface area contributed by atoms with Crippen molar-refractivity contribution >= 4 is 11.9 Å². The van der Waals surface area contributed by atoms with Crippen molar-refractivity contribution in [3.05, 3.63) is 46.8 Å². The Kier molecular flexibility index (Phi) is 4.88. The molecule has 0 aliphatic heterocycles. The molecule has 6 nitrogen and oxygen atoms in total. The third-order valence-corrected chi connectivity index (χ3v) is 4.71. The van der Waals surface area contributed by atoms with E-state index >= 15 is 0 Å². The number of aliphatic carboxylic acids is 1. The fourth-order valence-corrected chi connectivity index (χ4v) is 3.36. The van der Waals surface area contributed by atoms with Crippen LogP contribution in [0.15, 0.2) is 24.3 Å². The first-order chi connectivity index (χ1) is 12.0. The zero-order chi connectivity index (χ0) is 18.0. The first-order valence-electron chi connectivity index (χ1n) is 8.63. The van der Waals surface area contributed by atoms with E-state index in [2.05, 4.69) is 5.10 Å². The number of hydrogen-bond acceptors (Lipinski definition) is 3. The second-order valence-electron chi connectivity index (χ2n) is 6.55. The topological polar surface area (TPSA) is 75.4 Å². The number of rotatable bonds is 6. The van der Waals surface area contributed by atoms with Gasteiger partial charge in [0.25, 0.3) is 5.91 Å². The Balaban J connectivity index is 1.88. The number of carboxylic acids is 1. The number of carboxylic acid groups (broad SMARTS) is 1. The molecule has 1 aromatic heterocycles. The highest BCUT2D eigenvalue weighted by molar-refractivity contribution is 5.94. The van der Waals surface area contributed by atoms with Crippen LogP contribution in [-0.2, 0) is 17.6 Å². The average molecular weight is 341 g/mol. The maximum absolute atomic E-state index is 12.8. The lowest BCUT2D eigenvalue weighted by atomic mass is 10.1. The van der Waals surface area contributed by atoms with Crippen molar-refractivity contribution in [2.75, 3.05) is 13.6 Å². The minimum atomic E-state index is -0.842. The van der Waals surface area contributed by atoms with E-state index in [-0.39, 0.29) is 12.3 Å². The molecule has 0 fully saturated rings. The summed E-state index contributed by atoms with van der Waals surface area (Å²) >= 11 is 0. The van der Waals surface area contributed by atoms with Gasteiger partial charge in [-0.05, 0) is 44.2 Å². The highest BCUT2D eigenvalue weighted by Gasteiger charge is 2.28. The summed E-state index contributed by atoms with van der Waals surface area (Å²) in [5.41, 5.74) is 4.80. The zero-order valence-electron chi connectivity index (χ0n) is 14.7. The Morgan fingerprint density at radius 3 is 2.76 bits per heavy atom. The van der Waals surface area contributed by atoms with Crippen molar-refractivity contribution in [2.45, 2.75) is 39.0 Å². The number of benzene rings is 1. The normalized spacial score (nSPS) is 12.9. The van der Waals surface area contributed by atoms with E-state index in [1.807, 2.05) is 35.9 Å². The fraction of sp³-hybridized carbons (Fsp3) is 0.421. The first kappa shape index (κ1) is 17.2. The number of nitrogens with zero attached hydrogens (tertiary/aromatic N) is 3. The Hall–Kier alpha value is -2.63. The molecule has 0 unspecified atom stereocenters. The molecule has 1 aliphatic rings. The lowest BCUT2D eigenvalue weighted by Crippen LogP contribution is -2.29. The van der Waals surface area contributed by atoms with Gasteiger partial charge in [0.2, 0.25) is 0 Å². The van der Waals surface area contributed by atoms with Crippen LogP contribution in [0.5, 0.6) is 0 Å². The lowest BCUT2D eigenvalue weighted by Gasteiger charge is -2.15. The summed E-state index contributed by atoms with van der Waals surface area (Å²) in [6, 6.07) is 8.03. The number of amides is 1. The van der Waals surface area contributed by atoms with Gasteiger partial charge in [0.05, 0.1) is 5.69 Å². The van der Waals surface area contributed by atoms with E-state index in [0.717, 1.165) is 41.8 Å². The lowest BCUT2D eigenvalue weighted by molar-refractivity contribution is -0.137. The summed E-state index contributed by atoms with van der Waals surface area (Å²) in [6.45, 7) is 2.45. The third kappa shape index (κ3) is 3.43. The smallest absolute Gasteiger partial charge is 0.303 e. The molecular formula is C19H23N3O3. The van der Waals surface area contributed by atoms with E-state index in [1.165, 1.54) is 0 Å². The predicted octanol–water partition coefficient (Wildman–Crippen LogP) is 2.61. The minimum Gasteiger partial charge on any atom is -0.481 e. The van der Waals surface area contributed by atoms with Gasteiger partial charge in [-0.1, -0.05) is 18.2 Å². The maximum Gasteiger partial charge on any atom is 0.303 e. The third-order valence-electron chi connectivity index (χ3n) is 4.71. The summed E-state index contributed by atoms with van der Waals surface area (Å²) in [7, 11) is 1.71. The molecule has 0 saturated carbocycles. The maximum atomic E-state index is 12.8. The average Bonchev–Trinajstić information content (AvgIpc) is 3.17. The molecule has 132 valence electrons. The van der Waals surface area contributed by atoms with Crippen LogP contribution in [0.3, 0.4) is 0 Å². The van der Waals surface area contributed by atoms with Crippen LogP contribution in [0.1, 0.15) is 46.6 Å². The Morgan fingerprint density at radius 2 is 2.04 bits per heavy atom. The van der Waals surface area contributed by atoms with E-state index < -0.39 is 5.97 Å². The van der Waals surface area contributed by atoms with Gasteiger partial charge in [0.1, 0.15) is 0 Å². The van der Waals surface area contributed by atoms with Crippen LogP contribution in [0.25, 0.3) is 5.69 Å². The van der Waals surface area contributed by atoms with E-state index in [9.17, 15) is 9.59 Å². The van der Waals surface area contributed by atoms with Crippen molar-refractivity contribution in [3.8, 4) is 5.69 Å². The number of fused-ring (bicyclic) bond motifs is 1. The van der Waals surface area contributed by atoms with Gasteiger partial charge in [-0.25, -0.2) is 4.68 Å². The van der Waals surface area contributed by atoms with E-state index in [0.29, 0.717) is 18.7 Å². The second kappa shape index (κ2) is 7.09. The molecule has 6 heteroatoms. The molecule has 2 aromatic rings. The van der Waals surface area contributed by atoms with E-state index in [4.69, 9.17) is 5.11 Å². The Labute approximate surface area is 147 Å². The molecule has 0 radical (unpaired) electrons. The molecule has 1 heterocycles. The van der Waals surface area contributed by atoms with Crippen molar-refractivity contribution < 1.29 is 14.7 Å². The van der Waals surface area contributed by atoms with Gasteiger partial charge in [-0.3, -0.25) is 9.59 Å². The molecule has 0 spiro atoms. The molecule has 0 bridgehead atoms. The largest absolute Gasteiger partial charge is 0.481 e. The molecule has 1 aromatic carbocycles. The first-order valence-corrected chi connectivity index (χ1v) is 8.63. The van der Waals surface area contributed by atoms with Crippen molar-refractivity contribution in [3.63, 3.8) is 0 Å². The number of para-hydroxylation sites is 1. The monoisotopic (exact) mass is 341 g/mol. The van der Waals surface area contributed by atoms with Gasteiger partial charge >= 0.3 is 5.97 Å². The van der Waals surface area contributed by atoms with Gasteiger partial charge in [-0.2, -0.15) is 5.10 Å². The number of aryl methyl sites for hydroxylation is 1. The molecule has 0 atom stereocenters. The summed E-state index contributed by atoms with van der Waals surface area (Å²) < 4.78 is 1.91. The number of aromatic nitrogens is 2. The van der Waals surface area contributed by atoms with E-state index in [1.54, 1.807) is 11.9 Å². The van der Waals surface area contributed by atoms with Gasteiger partial charge in [0, 0.05) is 31.3 Å². The summed E-state index contributed by atoms with van der Waals surface area (Å²) in [5, 5.41) is 13.4. The van der Waals surface area contributed by atoms with Gasteiger partial charge in [0.15, 0.2) is 5.69 Å². The molecule has 1 aliphatic carbocycles. The summed E-state index contributed by atoms with van der Waals surface area (Å²) in [4.78, 5) is 25.0. The number of carbonyl (C=O) groups is 2. The van der Waals surface area contributed by atoms with Crippen LogP contribution >= 0.6 is 0 Å². The van der Waals surface area contributed by atoms with Crippen LogP contribution in [0, 0.1) is 6.92 Å². The molecule has 3 rings (SSSR count). The molecule has 1 amide bonds. The number of carbonyl (C=O) groups excluding carboxylic acids is 1. The predicted molar refractivity (Wildman–Crippen MR) is 94.2 cm³/mol. The number of hydrogen-bond donors (Lipinski definition) is 1. The highest BCUT2D eigenvalue weighted by atomic mass is 16.4. The van der Waals surface area contributed by atoms with Crippen LogP contribution in [-0.4, -0.2) is 45.3 Å².